The zero-order valence-corrected chi connectivity index (χ0v) is 18.5. The van der Waals surface area contributed by atoms with E-state index in [0.29, 0.717) is 24.9 Å². The summed E-state index contributed by atoms with van der Waals surface area (Å²) in [4.78, 5) is 16.1. The number of benzene rings is 1. The average Bonchev–Trinajstić information content (AvgIpc) is 3.19. The maximum atomic E-state index is 13.2. The van der Waals surface area contributed by atoms with Gasteiger partial charge in [-0.15, -0.1) is 21.5 Å². The minimum absolute atomic E-state index is 0.0493. The molecule has 31 heavy (non-hydrogen) atoms. The SMILES string of the molecule is O=C(CSc1nnc(-c2cccs2)n1C1CC1)N(Cc1ccccc1)Cc1ccco1. The van der Waals surface area contributed by atoms with Crippen molar-refractivity contribution in [2.75, 3.05) is 5.75 Å². The van der Waals surface area contributed by atoms with E-state index in [1.807, 2.05) is 58.8 Å². The summed E-state index contributed by atoms with van der Waals surface area (Å²) in [5, 5.41) is 11.7. The molecule has 6 nitrogen and oxygen atoms in total. The Bertz CT molecular complexity index is 1120. The monoisotopic (exact) mass is 450 g/mol. The van der Waals surface area contributed by atoms with Crippen LogP contribution in [0.1, 0.15) is 30.2 Å². The fourth-order valence-corrected chi connectivity index (χ4v) is 5.07. The van der Waals surface area contributed by atoms with Gasteiger partial charge in [0.2, 0.25) is 5.91 Å². The Morgan fingerprint density at radius 3 is 2.68 bits per heavy atom. The third-order valence-corrected chi connectivity index (χ3v) is 6.93. The van der Waals surface area contributed by atoms with Crippen molar-refractivity contribution >= 4 is 29.0 Å². The highest BCUT2D eigenvalue weighted by atomic mass is 32.2. The molecule has 3 heterocycles. The molecule has 0 spiro atoms. The van der Waals surface area contributed by atoms with E-state index in [4.69, 9.17) is 4.42 Å². The number of aromatic nitrogens is 3. The van der Waals surface area contributed by atoms with Crippen LogP contribution >= 0.6 is 23.1 Å². The summed E-state index contributed by atoms with van der Waals surface area (Å²) >= 11 is 3.13. The van der Waals surface area contributed by atoms with Crippen LogP contribution < -0.4 is 0 Å². The molecule has 1 aliphatic carbocycles. The smallest absolute Gasteiger partial charge is 0.233 e. The number of hydrogen-bond donors (Lipinski definition) is 0. The zero-order valence-electron chi connectivity index (χ0n) is 16.9. The third kappa shape index (κ3) is 4.75. The van der Waals surface area contributed by atoms with Crippen molar-refractivity contribution in [1.82, 2.24) is 19.7 Å². The summed E-state index contributed by atoms with van der Waals surface area (Å²) in [7, 11) is 0. The molecule has 0 atom stereocenters. The molecule has 1 saturated carbocycles. The number of hydrogen-bond acceptors (Lipinski definition) is 6. The number of thioether (sulfide) groups is 1. The first-order valence-electron chi connectivity index (χ1n) is 10.2. The highest BCUT2D eigenvalue weighted by Crippen LogP contribution is 2.41. The summed E-state index contributed by atoms with van der Waals surface area (Å²) in [5.41, 5.74) is 1.09. The lowest BCUT2D eigenvalue weighted by molar-refractivity contribution is -0.129. The van der Waals surface area contributed by atoms with Crippen molar-refractivity contribution < 1.29 is 9.21 Å². The van der Waals surface area contributed by atoms with E-state index in [2.05, 4.69) is 20.8 Å². The van der Waals surface area contributed by atoms with Crippen LogP contribution in [0.4, 0.5) is 0 Å². The Hall–Kier alpha value is -2.84. The predicted molar refractivity (Wildman–Crippen MR) is 122 cm³/mol. The van der Waals surface area contributed by atoms with Crippen molar-refractivity contribution in [3.8, 4) is 10.7 Å². The van der Waals surface area contributed by atoms with E-state index in [9.17, 15) is 4.79 Å². The summed E-state index contributed by atoms with van der Waals surface area (Å²) in [6.07, 6.45) is 3.91. The summed E-state index contributed by atoms with van der Waals surface area (Å²) < 4.78 is 7.70. The summed E-state index contributed by atoms with van der Waals surface area (Å²) in [6, 6.07) is 18.3. The maximum Gasteiger partial charge on any atom is 0.233 e. The second kappa shape index (κ2) is 9.11. The number of nitrogens with zero attached hydrogens (tertiary/aromatic N) is 4. The highest BCUT2D eigenvalue weighted by Gasteiger charge is 2.31. The van der Waals surface area contributed by atoms with Crippen LogP contribution in [0.25, 0.3) is 10.7 Å². The Balaban J connectivity index is 1.31. The minimum atomic E-state index is 0.0493. The van der Waals surface area contributed by atoms with Gasteiger partial charge in [0, 0.05) is 12.6 Å². The van der Waals surface area contributed by atoms with Gasteiger partial charge >= 0.3 is 0 Å². The third-order valence-electron chi connectivity index (χ3n) is 5.14. The maximum absolute atomic E-state index is 13.2. The van der Waals surface area contributed by atoms with Crippen molar-refractivity contribution in [2.45, 2.75) is 37.1 Å². The molecule has 158 valence electrons. The Morgan fingerprint density at radius 1 is 1.10 bits per heavy atom. The van der Waals surface area contributed by atoms with Gasteiger partial charge in [-0.3, -0.25) is 9.36 Å². The van der Waals surface area contributed by atoms with Crippen molar-refractivity contribution in [1.29, 1.82) is 0 Å². The Kier molecular flexibility index (Phi) is 5.90. The highest BCUT2D eigenvalue weighted by molar-refractivity contribution is 7.99. The van der Waals surface area contributed by atoms with Gasteiger partial charge in [-0.05, 0) is 42.0 Å². The fourth-order valence-electron chi connectivity index (χ4n) is 3.46. The van der Waals surface area contributed by atoms with Crippen molar-refractivity contribution in [3.05, 3.63) is 77.6 Å². The van der Waals surface area contributed by atoms with E-state index in [0.717, 1.165) is 40.0 Å². The standard InChI is InChI=1S/C23H22N4O2S2/c28-21(26(15-19-8-4-12-29-19)14-17-6-2-1-3-7-17)16-31-23-25-24-22(20-9-5-13-30-20)27(23)18-10-11-18/h1-9,12-13,18H,10-11,14-16H2. The molecular weight excluding hydrogens is 428 g/mol. The van der Waals surface area contributed by atoms with E-state index < -0.39 is 0 Å². The normalized spacial score (nSPS) is 13.4. The number of carbonyl (C=O) groups is 1. The first kappa shape index (κ1) is 20.1. The molecule has 0 saturated heterocycles. The van der Waals surface area contributed by atoms with Gasteiger partial charge in [-0.2, -0.15) is 0 Å². The lowest BCUT2D eigenvalue weighted by atomic mass is 10.2. The van der Waals surface area contributed by atoms with Gasteiger partial charge in [-0.1, -0.05) is 48.2 Å². The van der Waals surface area contributed by atoms with E-state index in [1.165, 1.54) is 11.8 Å². The second-order valence-corrected chi connectivity index (χ2v) is 9.38. The quantitative estimate of drug-likeness (QED) is 0.326. The molecule has 0 radical (unpaired) electrons. The predicted octanol–water partition coefficient (Wildman–Crippen LogP) is 5.26. The number of amides is 1. The van der Waals surface area contributed by atoms with Crippen LogP contribution in [0.3, 0.4) is 0 Å². The summed E-state index contributed by atoms with van der Waals surface area (Å²) in [5.74, 6) is 2.04. The average molecular weight is 451 g/mol. The molecule has 0 N–H and O–H groups in total. The molecule has 1 amide bonds. The molecular formula is C23H22N4O2S2. The van der Waals surface area contributed by atoms with Gasteiger partial charge in [0.05, 0.1) is 23.4 Å². The molecule has 0 aliphatic heterocycles. The first-order valence-corrected chi connectivity index (χ1v) is 12.1. The van der Waals surface area contributed by atoms with E-state index >= 15 is 0 Å². The van der Waals surface area contributed by atoms with Gasteiger partial charge < -0.3 is 9.32 Å². The second-order valence-electron chi connectivity index (χ2n) is 7.49. The first-order chi connectivity index (χ1) is 15.3. The van der Waals surface area contributed by atoms with Gasteiger partial charge in [0.15, 0.2) is 11.0 Å². The number of thiophene rings is 1. The van der Waals surface area contributed by atoms with Gasteiger partial charge in [-0.25, -0.2) is 0 Å². The largest absolute Gasteiger partial charge is 0.467 e. The van der Waals surface area contributed by atoms with Crippen LogP contribution in [-0.2, 0) is 17.9 Å². The van der Waals surface area contributed by atoms with Crippen LogP contribution in [-0.4, -0.2) is 31.3 Å². The van der Waals surface area contributed by atoms with E-state index in [1.54, 1.807) is 17.6 Å². The number of rotatable bonds is 9. The molecule has 8 heteroatoms. The molecule has 0 bridgehead atoms. The molecule has 0 unspecified atom stereocenters. The number of furan rings is 1. The Labute approximate surface area is 188 Å². The number of carbonyl (C=O) groups excluding carboxylic acids is 1. The van der Waals surface area contributed by atoms with E-state index in [-0.39, 0.29) is 5.91 Å². The lowest BCUT2D eigenvalue weighted by Gasteiger charge is -2.22. The summed E-state index contributed by atoms with van der Waals surface area (Å²) in [6.45, 7) is 0.980. The molecule has 5 rings (SSSR count). The topological polar surface area (TPSA) is 64.2 Å². The Morgan fingerprint density at radius 2 is 1.97 bits per heavy atom. The molecule has 4 aromatic rings. The molecule has 1 aromatic carbocycles. The molecule has 1 fully saturated rings. The zero-order chi connectivity index (χ0) is 21.0. The van der Waals surface area contributed by atoms with Crippen LogP contribution in [0.5, 0.6) is 0 Å². The van der Waals surface area contributed by atoms with Crippen LogP contribution in [0.2, 0.25) is 0 Å². The van der Waals surface area contributed by atoms with Crippen LogP contribution in [0.15, 0.2) is 75.8 Å². The van der Waals surface area contributed by atoms with Crippen molar-refractivity contribution in [3.63, 3.8) is 0 Å². The van der Waals surface area contributed by atoms with Crippen molar-refractivity contribution in [2.24, 2.45) is 0 Å². The van der Waals surface area contributed by atoms with Crippen LogP contribution in [0, 0.1) is 0 Å². The lowest BCUT2D eigenvalue weighted by Crippen LogP contribution is -2.31. The van der Waals surface area contributed by atoms with Gasteiger partial charge in [0.25, 0.3) is 0 Å². The minimum Gasteiger partial charge on any atom is -0.467 e. The van der Waals surface area contributed by atoms with Gasteiger partial charge in [0.1, 0.15) is 5.76 Å². The molecule has 1 aliphatic rings. The fraction of sp³-hybridized carbons (Fsp3) is 0.261. The molecule has 3 aromatic heterocycles.